The molecule has 1 aromatic rings. The number of aromatic hydroxyl groups is 1. The van der Waals surface area contributed by atoms with E-state index in [-0.39, 0.29) is 16.2 Å². The first-order valence-electron chi connectivity index (χ1n) is 5.14. The van der Waals surface area contributed by atoms with E-state index in [0.717, 1.165) is 6.26 Å². The maximum absolute atomic E-state index is 11.6. The van der Waals surface area contributed by atoms with Crippen LogP contribution in [-0.4, -0.2) is 30.9 Å². The molecular formula is C11H15NO5S. The molecular weight excluding hydrogens is 258 g/mol. The first-order chi connectivity index (χ1) is 8.12. The molecule has 6 nitrogen and oxygen atoms in total. The molecule has 0 bridgehead atoms. The van der Waals surface area contributed by atoms with Crippen LogP contribution in [0.5, 0.6) is 5.75 Å². The van der Waals surface area contributed by atoms with Crippen molar-refractivity contribution in [1.82, 2.24) is 0 Å². The third-order valence-electron chi connectivity index (χ3n) is 2.52. The van der Waals surface area contributed by atoms with Gasteiger partial charge in [-0.3, -0.25) is 4.79 Å². The average Bonchev–Trinajstić information content (AvgIpc) is 2.18. The van der Waals surface area contributed by atoms with Gasteiger partial charge in [0.05, 0.1) is 11.3 Å². The van der Waals surface area contributed by atoms with Crippen LogP contribution < -0.4 is 5.73 Å². The topological polar surface area (TPSA) is 118 Å². The molecule has 18 heavy (non-hydrogen) atoms. The molecule has 1 unspecified atom stereocenters. The number of phenolic OH excluding ortho intramolecular Hbond substituents is 1. The molecule has 0 aliphatic rings. The third-order valence-corrected chi connectivity index (χ3v) is 3.67. The van der Waals surface area contributed by atoms with E-state index < -0.39 is 28.3 Å². The molecule has 7 heteroatoms. The minimum atomic E-state index is -3.54. The summed E-state index contributed by atoms with van der Waals surface area (Å²) in [5.74, 6) is -1.25. The zero-order chi connectivity index (χ0) is 14.1. The highest BCUT2D eigenvalue weighted by atomic mass is 32.2. The molecule has 0 aromatic heterocycles. The number of sulfone groups is 1. The molecule has 0 aliphatic carbocycles. The predicted molar refractivity (Wildman–Crippen MR) is 65.1 cm³/mol. The Kier molecular flexibility index (Phi) is 3.98. The molecule has 0 spiro atoms. The molecule has 100 valence electrons. The van der Waals surface area contributed by atoms with Crippen LogP contribution in [0.1, 0.15) is 23.6 Å². The lowest BCUT2D eigenvalue weighted by Crippen LogP contribution is -2.18. The largest absolute Gasteiger partial charge is 0.508 e. The van der Waals surface area contributed by atoms with Crippen LogP contribution in [0.3, 0.4) is 0 Å². The lowest BCUT2D eigenvalue weighted by atomic mass is 10.0. The van der Waals surface area contributed by atoms with E-state index in [1.165, 1.54) is 12.1 Å². The number of aryl methyl sites for hydroxylation is 1. The Morgan fingerprint density at radius 2 is 2.00 bits per heavy atom. The van der Waals surface area contributed by atoms with Crippen molar-refractivity contribution in [2.75, 3.05) is 6.26 Å². The molecule has 1 aromatic carbocycles. The van der Waals surface area contributed by atoms with Crippen molar-refractivity contribution >= 4 is 15.8 Å². The second-order valence-electron chi connectivity index (χ2n) is 4.15. The summed E-state index contributed by atoms with van der Waals surface area (Å²) in [6.45, 7) is 1.55. The Morgan fingerprint density at radius 3 is 2.44 bits per heavy atom. The summed E-state index contributed by atoms with van der Waals surface area (Å²) in [5.41, 5.74) is 6.16. The number of aliphatic carboxylic acids is 1. The fraction of sp³-hybridized carbons (Fsp3) is 0.364. The summed E-state index contributed by atoms with van der Waals surface area (Å²) in [6.07, 6.45) is 0.598. The fourth-order valence-electron chi connectivity index (χ4n) is 1.60. The van der Waals surface area contributed by atoms with Gasteiger partial charge in [0.2, 0.25) is 0 Å². The van der Waals surface area contributed by atoms with Crippen molar-refractivity contribution in [3.63, 3.8) is 0 Å². The van der Waals surface area contributed by atoms with Crippen LogP contribution in [0.4, 0.5) is 0 Å². The summed E-state index contributed by atoms with van der Waals surface area (Å²) in [5, 5.41) is 18.2. The smallest absolute Gasteiger partial charge is 0.305 e. The summed E-state index contributed by atoms with van der Waals surface area (Å²) in [4.78, 5) is 10.6. The second-order valence-corrected chi connectivity index (χ2v) is 6.14. The van der Waals surface area contributed by atoms with Gasteiger partial charge in [-0.05, 0) is 30.2 Å². The monoisotopic (exact) mass is 273 g/mol. The maximum atomic E-state index is 11.6. The average molecular weight is 273 g/mol. The normalized spacial score (nSPS) is 13.3. The lowest BCUT2D eigenvalue weighted by Gasteiger charge is -2.15. The van der Waals surface area contributed by atoms with E-state index in [1.54, 1.807) is 6.92 Å². The van der Waals surface area contributed by atoms with Crippen molar-refractivity contribution < 1.29 is 23.4 Å². The minimum Gasteiger partial charge on any atom is -0.508 e. The van der Waals surface area contributed by atoms with Crippen LogP contribution in [0, 0.1) is 6.92 Å². The van der Waals surface area contributed by atoms with Gasteiger partial charge in [0.15, 0.2) is 9.84 Å². The quantitative estimate of drug-likeness (QED) is 0.738. The van der Waals surface area contributed by atoms with Crippen molar-refractivity contribution in [3.8, 4) is 5.75 Å². The third kappa shape index (κ3) is 3.21. The number of hydrogen-bond acceptors (Lipinski definition) is 5. The summed E-state index contributed by atoms with van der Waals surface area (Å²) in [7, 11) is -3.54. The van der Waals surface area contributed by atoms with Gasteiger partial charge in [-0.2, -0.15) is 0 Å². The summed E-state index contributed by atoms with van der Waals surface area (Å²) >= 11 is 0. The van der Waals surface area contributed by atoms with Gasteiger partial charge >= 0.3 is 5.97 Å². The van der Waals surface area contributed by atoms with E-state index in [0.29, 0.717) is 5.56 Å². The van der Waals surface area contributed by atoms with Crippen LogP contribution in [0.2, 0.25) is 0 Å². The predicted octanol–water partition coefficient (Wildman–Crippen LogP) is 0.579. The standard InChI is InChI=1S/C11H15NO5S/c1-6-3-10(18(2,16)17)7(4-9(6)13)8(12)5-11(14)15/h3-4,8,13H,5,12H2,1-2H3,(H,14,15). The van der Waals surface area contributed by atoms with Crippen LogP contribution >= 0.6 is 0 Å². The van der Waals surface area contributed by atoms with Gasteiger partial charge in [-0.15, -0.1) is 0 Å². The zero-order valence-electron chi connectivity index (χ0n) is 10.0. The van der Waals surface area contributed by atoms with Crippen molar-refractivity contribution in [1.29, 1.82) is 0 Å². The van der Waals surface area contributed by atoms with Gasteiger partial charge < -0.3 is 15.9 Å². The number of carbonyl (C=O) groups is 1. The first-order valence-corrected chi connectivity index (χ1v) is 7.03. The Labute approximate surface area is 105 Å². The van der Waals surface area contributed by atoms with E-state index >= 15 is 0 Å². The number of carboxylic acid groups (broad SMARTS) is 1. The number of hydrogen-bond donors (Lipinski definition) is 3. The molecule has 0 aliphatic heterocycles. The van der Waals surface area contributed by atoms with E-state index in [2.05, 4.69) is 0 Å². The number of carboxylic acids is 1. The molecule has 1 atom stereocenters. The van der Waals surface area contributed by atoms with Crippen molar-refractivity contribution in [2.24, 2.45) is 5.73 Å². The van der Waals surface area contributed by atoms with Gasteiger partial charge in [0, 0.05) is 12.3 Å². The molecule has 0 saturated carbocycles. The Balaban J connectivity index is 3.41. The molecule has 0 saturated heterocycles. The van der Waals surface area contributed by atoms with Crippen molar-refractivity contribution in [3.05, 3.63) is 23.3 Å². The summed E-state index contributed by atoms with van der Waals surface area (Å²) in [6, 6.07) is 1.51. The Hall–Kier alpha value is -1.60. The van der Waals surface area contributed by atoms with Crippen LogP contribution in [-0.2, 0) is 14.6 Å². The SMILES string of the molecule is Cc1cc(S(C)(=O)=O)c(C(N)CC(=O)O)cc1O. The first kappa shape index (κ1) is 14.5. The number of nitrogens with two attached hydrogens (primary N) is 1. The number of benzene rings is 1. The van der Waals surface area contributed by atoms with E-state index in [9.17, 15) is 18.3 Å². The van der Waals surface area contributed by atoms with E-state index in [1.807, 2.05) is 0 Å². The number of phenols is 1. The summed E-state index contributed by atoms with van der Waals surface area (Å²) < 4.78 is 23.2. The molecule has 0 amide bonds. The molecule has 0 fully saturated rings. The maximum Gasteiger partial charge on any atom is 0.305 e. The fourth-order valence-corrected chi connectivity index (χ4v) is 2.62. The highest BCUT2D eigenvalue weighted by Gasteiger charge is 2.21. The Bertz CT molecular complexity index is 579. The Morgan fingerprint density at radius 1 is 1.44 bits per heavy atom. The molecule has 0 radical (unpaired) electrons. The van der Waals surface area contributed by atoms with Crippen molar-refractivity contribution in [2.45, 2.75) is 24.3 Å². The molecule has 4 N–H and O–H groups in total. The highest BCUT2D eigenvalue weighted by Crippen LogP contribution is 2.29. The molecule has 0 heterocycles. The van der Waals surface area contributed by atoms with Crippen LogP contribution in [0.15, 0.2) is 17.0 Å². The molecule has 1 rings (SSSR count). The minimum absolute atomic E-state index is 0.0495. The highest BCUT2D eigenvalue weighted by molar-refractivity contribution is 7.90. The van der Waals surface area contributed by atoms with Gasteiger partial charge in [-0.1, -0.05) is 0 Å². The zero-order valence-corrected chi connectivity index (χ0v) is 10.9. The second kappa shape index (κ2) is 4.95. The van der Waals surface area contributed by atoms with Gasteiger partial charge in [0.25, 0.3) is 0 Å². The van der Waals surface area contributed by atoms with Gasteiger partial charge in [0.1, 0.15) is 5.75 Å². The van der Waals surface area contributed by atoms with Crippen LogP contribution in [0.25, 0.3) is 0 Å². The van der Waals surface area contributed by atoms with E-state index in [4.69, 9.17) is 10.8 Å². The van der Waals surface area contributed by atoms with Gasteiger partial charge in [-0.25, -0.2) is 8.42 Å². The number of rotatable bonds is 4. The lowest BCUT2D eigenvalue weighted by molar-refractivity contribution is -0.137.